The van der Waals surface area contributed by atoms with Gasteiger partial charge in [-0.05, 0) is 53.6 Å². The van der Waals surface area contributed by atoms with Crippen molar-refractivity contribution in [3.05, 3.63) is 70.5 Å². The monoisotopic (exact) mass is 328 g/mol. The first-order valence-electron chi connectivity index (χ1n) is 8.18. The third kappa shape index (κ3) is 4.11. The standard InChI is InChI=1S/C19H21FN2O2/c20-17-8-6-15(7-9-17)18(23)12-22-19(24)21-11-13-4-5-14-2-1-3-16(14)10-13/h4-10,18,23H,1-3,11-12H2,(H2,21,22,24). The zero-order chi connectivity index (χ0) is 16.9. The first kappa shape index (κ1) is 16.5. The van der Waals surface area contributed by atoms with Gasteiger partial charge < -0.3 is 15.7 Å². The number of benzene rings is 2. The zero-order valence-corrected chi connectivity index (χ0v) is 13.4. The first-order chi connectivity index (χ1) is 11.6. The molecule has 3 N–H and O–H groups in total. The summed E-state index contributed by atoms with van der Waals surface area (Å²) in [6.07, 6.45) is 2.59. The molecule has 0 heterocycles. The minimum absolute atomic E-state index is 0.0711. The molecule has 4 nitrogen and oxygen atoms in total. The van der Waals surface area contributed by atoms with Crippen LogP contribution in [0.5, 0.6) is 0 Å². The summed E-state index contributed by atoms with van der Waals surface area (Å²) in [5, 5.41) is 15.4. The highest BCUT2D eigenvalue weighted by atomic mass is 19.1. The molecule has 0 saturated carbocycles. The van der Waals surface area contributed by atoms with Crippen LogP contribution in [-0.4, -0.2) is 17.7 Å². The number of aliphatic hydroxyl groups is 1. The predicted molar refractivity (Wildman–Crippen MR) is 90.1 cm³/mol. The number of hydrogen-bond acceptors (Lipinski definition) is 2. The van der Waals surface area contributed by atoms with E-state index in [1.54, 1.807) is 0 Å². The molecular weight excluding hydrogens is 307 g/mol. The van der Waals surface area contributed by atoms with Crippen molar-refractivity contribution < 1.29 is 14.3 Å². The maximum atomic E-state index is 12.8. The van der Waals surface area contributed by atoms with Gasteiger partial charge in [0, 0.05) is 13.1 Å². The number of carbonyl (C=O) groups excluding carboxylic acids is 1. The van der Waals surface area contributed by atoms with Crippen molar-refractivity contribution in [2.45, 2.75) is 31.9 Å². The van der Waals surface area contributed by atoms with Crippen LogP contribution in [0.1, 0.15) is 34.8 Å². The number of aryl methyl sites for hydroxylation is 2. The lowest BCUT2D eigenvalue weighted by Gasteiger charge is -2.13. The Bertz CT molecular complexity index is 716. The third-order valence-electron chi connectivity index (χ3n) is 4.33. The zero-order valence-electron chi connectivity index (χ0n) is 13.4. The van der Waals surface area contributed by atoms with Gasteiger partial charge in [-0.1, -0.05) is 30.3 Å². The Morgan fingerprint density at radius 2 is 1.83 bits per heavy atom. The molecule has 2 amide bonds. The summed E-state index contributed by atoms with van der Waals surface area (Å²) in [5.74, 6) is -0.356. The molecule has 1 atom stereocenters. The van der Waals surface area contributed by atoms with E-state index >= 15 is 0 Å². The molecule has 0 radical (unpaired) electrons. The fourth-order valence-corrected chi connectivity index (χ4v) is 2.97. The molecule has 3 rings (SSSR count). The molecule has 0 bridgehead atoms. The van der Waals surface area contributed by atoms with Gasteiger partial charge in [-0.15, -0.1) is 0 Å². The highest BCUT2D eigenvalue weighted by Gasteiger charge is 2.12. The van der Waals surface area contributed by atoms with Gasteiger partial charge in [0.15, 0.2) is 0 Å². The van der Waals surface area contributed by atoms with Crippen molar-refractivity contribution in [1.82, 2.24) is 10.6 Å². The highest BCUT2D eigenvalue weighted by Crippen LogP contribution is 2.22. The molecule has 1 aliphatic rings. The van der Waals surface area contributed by atoms with Crippen LogP contribution in [0.4, 0.5) is 9.18 Å². The minimum atomic E-state index is -0.864. The number of aliphatic hydroxyl groups excluding tert-OH is 1. The fraction of sp³-hybridized carbons (Fsp3) is 0.316. The number of hydrogen-bond donors (Lipinski definition) is 3. The number of urea groups is 1. The maximum Gasteiger partial charge on any atom is 0.315 e. The molecule has 2 aromatic carbocycles. The van der Waals surface area contributed by atoms with Gasteiger partial charge in [0.05, 0.1) is 6.10 Å². The average Bonchev–Trinajstić information content (AvgIpc) is 3.06. The summed E-state index contributed by atoms with van der Waals surface area (Å²) in [5.41, 5.74) is 4.42. The van der Waals surface area contributed by atoms with Gasteiger partial charge in [0.1, 0.15) is 5.82 Å². The molecule has 1 unspecified atom stereocenters. The minimum Gasteiger partial charge on any atom is -0.387 e. The van der Waals surface area contributed by atoms with Crippen LogP contribution in [0.3, 0.4) is 0 Å². The van der Waals surface area contributed by atoms with Crippen molar-refractivity contribution in [3.63, 3.8) is 0 Å². The van der Waals surface area contributed by atoms with E-state index in [-0.39, 0.29) is 18.4 Å². The Morgan fingerprint density at radius 3 is 2.62 bits per heavy atom. The first-order valence-corrected chi connectivity index (χ1v) is 8.18. The number of amides is 2. The smallest absolute Gasteiger partial charge is 0.315 e. The Balaban J connectivity index is 1.45. The van der Waals surface area contributed by atoms with Crippen LogP contribution < -0.4 is 10.6 Å². The maximum absolute atomic E-state index is 12.8. The van der Waals surface area contributed by atoms with E-state index in [2.05, 4.69) is 22.8 Å². The molecule has 126 valence electrons. The summed E-state index contributed by atoms with van der Waals surface area (Å²) < 4.78 is 12.8. The summed E-state index contributed by atoms with van der Waals surface area (Å²) in [4.78, 5) is 11.8. The second kappa shape index (κ2) is 7.45. The molecule has 0 spiro atoms. The molecule has 24 heavy (non-hydrogen) atoms. The van der Waals surface area contributed by atoms with Crippen molar-refractivity contribution in [1.29, 1.82) is 0 Å². The summed E-state index contributed by atoms with van der Waals surface area (Å²) >= 11 is 0. The van der Waals surface area contributed by atoms with Crippen molar-refractivity contribution in [2.75, 3.05) is 6.54 Å². The van der Waals surface area contributed by atoms with E-state index in [0.717, 1.165) is 18.4 Å². The molecular formula is C19H21FN2O2. The second-order valence-electron chi connectivity index (χ2n) is 6.09. The quantitative estimate of drug-likeness (QED) is 0.790. The van der Waals surface area contributed by atoms with Crippen LogP contribution in [-0.2, 0) is 19.4 Å². The Morgan fingerprint density at radius 1 is 1.08 bits per heavy atom. The Hall–Kier alpha value is -2.40. The SMILES string of the molecule is O=C(NCc1ccc2c(c1)CCC2)NCC(O)c1ccc(F)cc1. The van der Waals surface area contributed by atoms with Crippen LogP contribution in [0, 0.1) is 5.82 Å². The van der Waals surface area contributed by atoms with Crippen LogP contribution in [0.15, 0.2) is 42.5 Å². The number of halogens is 1. The topological polar surface area (TPSA) is 61.4 Å². The molecule has 5 heteroatoms. The van der Waals surface area contributed by atoms with Crippen LogP contribution in [0.25, 0.3) is 0 Å². The van der Waals surface area contributed by atoms with Gasteiger partial charge in [-0.3, -0.25) is 0 Å². The summed E-state index contributed by atoms with van der Waals surface area (Å²) in [7, 11) is 0. The van der Waals surface area contributed by atoms with Crippen molar-refractivity contribution in [2.24, 2.45) is 0 Å². The van der Waals surface area contributed by atoms with Gasteiger partial charge >= 0.3 is 6.03 Å². The van der Waals surface area contributed by atoms with E-state index in [1.807, 2.05) is 6.07 Å². The molecule has 0 aliphatic heterocycles. The lowest BCUT2D eigenvalue weighted by atomic mass is 10.1. The lowest BCUT2D eigenvalue weighted by Crippen LogP contribution is -2.37. The van der Waals surface area contributed by atoms with Crippen LogP contribution in [0.2, 0.25) is 0 Å². The van der Waals surface area contributed by atoms with Crippen molar-refractivity contribution >= 4 is 6.03 Å². The van der Waals surface area contributed by atoms with E-state index in [1.165, 1.54) is 41.8 Å². The number of fused-ring (bicyclic) bond motifs is 1. The molecule has 0 aromatic heterocycles. The number of carbonyl (C=O) groups is 1. The fourth-order valence-electron chi connectivity index (χ4n) is 2.97. The van der Waals surface area contributed by atoms with Crippen LogP contribution >= 0.6 is 0 Å². The van der Waals surface area contributed by atoms with E-state index in [0.29, 0.717) is 12.1 Å². The van der Waals surface area contributed by atoms with Gasteiger partial charge in [0.2, 0.25) is 0 Å². The predicted octanol–water partition coefficient (Wildman–Crippen LogP) is 2.85. The lowest BCUT2D eigenvalue weighted by molar-refractivity contribution is 0.173. The largest absolute Gasteiger partial charge is 0.387 e. The highest BCUT2D eigenvalue weighted by molar-refractivity contribution is 5.73. The molecule has 0 saturated heterocycles. The van der Waals surface area contributed by atoms with E-state index in [9.17, 15) is 14.3 Å². The third-order valence-corrected chi connectivity index (χ3v) is 4.33. The summed E-state index contributed by atoms with van der Waals surface area (Å²) in [6, 6.07) is 11.6. The average molecular weight is 328 g/mol. The van der Waals surface area contributed by atoms with E-state index in [4.69, 9.17) is 0 Å². The second-order valence-corrected chi connectivity index (χ2v) is 6.09. The Kier molecular flexibility index (Phi) is 5.11. The van der Waals surface area contributed by atoms with Gasteiger partial charge in [-0.25, -0.2) is 9.18 Å². The molecule has 2 aromatic rings. The normalized spacial score (nSPS) is 14.1. The summed E-state index contributed by atoms with van der Waals surface area (Å²) in [6.45, 7) is 0.521. The Labute approximate surface area is 140 Å². The number of rotatable bonds is 5. The van der Waals surface area contributed by atoms with Gasteiger partial charge in [-0.2, -0.15) is 0 Å². The molecule has 1 aliphatic carbocycles. The number of nitrogens with one attached hydrogen (secondary N) is 2. The molecule has 0 fully saturated rings. The van der Waals surface area contributed by atoms with Gasteiger partial charge in [0.25, 0.3) is 0 Å². The van der Waals surface area contributed by atoms with E-state index < -0.39 is 6.10 Å². The van der Waals surface area contributed by atoms with Crippen molar-refractivity contribution in [3.8, 4) is 0 Å².